The van der Waals surface area contributed by atoms with Crippen LogP contribution in [0, 0.1) is 10.1 Å². The van der Waals surface area contributed by atoms with E-state index in [2.05, 4.69) is 20.6 Å². The molecule has 1 aromatic heterocycles. The number of anilines is 2. The highest BCUT2D eigenvalue weighted by molar-refractivity contribution is 5.69. The average molecular weight is 335 g/mol. The fourth-order valence-electron chi connectivity index (χ4n) is 2.37. The predicted molar refractivity (Wildman–Crippen MR) is 96.2 cm³/mol. The van der Waals surface area contributed by atoms with E-state index in [0.29, 0.717) is 13.1 Å². The number of nitrogens with zero attached hydrogens (tertiary/aromatic N) is 3. The maximum Gasteiger partial charge on any atom is 0.353 e. The summed E-state index contributed by atoms with van der Waals surface area (Å²) < 4.78 is 0. The standard InChI is InChI=1S/C18H17N5O2/c24-23(25)16-17(19-11-14-7-3-1-4-8-14)21-13-22-18(16)20-12-15-9-5-2-6-10-15/h1-10,13H,11-12H2,(H2,19,20,21,22). The number of aromatic nitrogens is 2. The molecule has 0 aliphatic rings. The van der Waals surface area contributed by atoms with Gasteiger partial charge in [0.2, 0.25) is 11.6 Å². The van der Waals surface area contributed by atoms with E-state index in [1.807, 2.05) is 60.7 Å². The normalized spacial score (nSPS) is 10.2. The Morgan fingerprint density at radius 3 is 1.64 bits per heavy atom. The summed E-state index contributed by atoms with van der Waals surface area (Å²) in [6.07, 6.45) is 1.31. The van der Waals surface area contributed by atoms with E-state index in [1.54, 1.807) is 0 Å². The molecule has 0 atom stereocenters. The van der Waals surface area contributed by atoms with E-state index >= 15 is 0 Å². The van der Waals surface area contributed by atoms with Crippen molar-refractivity contribution >= 4 is 17.3 Å². The molecule has 0 unspecified atom stereocenters. The minimum absolute atomic E-state index is 0.158. The number of rotatable bonds is 7. The van der Waals surface area contributed by atoms with Crippen LogP contribution in [0.1, 0.15) is 11.1 Å². The third-order valence-electron chi connectivity index (χ3n) is 3.61. The van der Waals surface area contributed by atoms with Crippen LogP contribution in [0.3, 0.4) is 0 Å². The lowest BCUT2D eigenvalue weighted by molar-refractivity contribution is -0.383. The van der Waals surface area contributed by atoms with Crippen molar-refractivity contribution in [2.45, 2.75) is 13.1 Å². The van der Waals surface area contributed by atoms with Crippen LogP contribution in [-0.2, 0) is 13.1 Å². The highest BCUT2D eigenvalue weighted by Crippen LogP contribution is 2.29. The minimum atomic E-state index is -0.472. The van der Waals surface area contributed by atoms with Crippen LogP contribution < -0.4 is 10.6 Å². The maximum absolute atomic E-state index is 11.5. The van der Waals surface area contributed by atoms with Gasteiger partial charge in [0.1, 0.15) is 6.33 Å². The SMILES string of the molecule is O=[N+]([O-])c1c(NCc2ccccc2)ncnc1NCc1ccccc1. The lowest BCUT2D eigenvalue weighted by Crippen LogP contribution is -2.10. The van der Waals surface area contributed by atoms with Crippen molar-refractivity contribution in [1.82, 2.24) is 9.97 Å². The van der Waals surface area contributed by atoms with Crippen LogP contribution in [0.4, 0.5) is 17.3 Å². The van der Waals surface area contributed by atoms with Crippen LogP contribution in [0.5, 0.6) is 0 Å². The van der Waals surface area contributed by atoms with Gasteiger partial charge < -0.3 is 10.6 Å². The third-order valence-corrected chi connectivity index (χ3v) is 3.61. The number of nitrogens with one attached hydrogen (secondary N) is 2. The fraction of sp³-hybridized carbons (Fsp3) is 0.111. The van der Waals surface area contributed by atoms with Gasteiger partial charge >= 0.3 is 5.69 Å². The summed E-state index contributed by atoms with van der Waals surface area (Å²) in [4.78, 5) is 19.1. The Bertz CT molecular complexity index is 779. The Balaban J connectivity index is 1.78. The van der Waals surface area contributed by atoms with E-state index in [0.717, 1.165) is 11.1 Å². The average Bonchev–Trinajstić information content (AvgIpc) is 2.66. The molecule has 3 aromatic rings. The van der Waals surface area contributed by atoms with Crippen molar-refractivity contribution in [2.24, 2.45) is 0 Å². The second kappa shape index (κ2) is 7.87. The summed E-state index contributed by atoms with van der Waals surface area (Å²) in [6.45, 7) is 0.883. The van der Waals surface area contributed by atoms with Crippen molar-refractivity contribution in [3.63, 3.8) is 0 Å². The Kier molecular flexibility index (Phi) is 5.16. The largest absolute Gasteiger partial charge is 0.360 e. The summed E-state index contributed by atoms with van der Waals surface area (Å²) in [5.41, 5.74) is 1.86. The van der Waals surface area contributed by atoms with Crippen LogP contribution in [0.2, 0.25) is 0 Å². The number of benzene rings is 2. The molecule has 0 amide bonds. The molecule has 0 aliphatic carbocycles. The lowest BCUT2D eigenvalue weighted by Gasteiger charge is -2.10. The molecule has 0 saturated carbocycles. The molecule has 0 radical (unpaired) electrons. The smallest absolute Gasteiger partial charge is 0.353 e. The first kappa shape index (κ1) is 16.4. The second-order valence-electron chi connectivity index (χ2n) is 5.35. The zero-order chi connectivity index (χ0) is 17.5. The summed E-state index contributed by atoms with van der Waals surface area (Å²) in [7, 11) is 0. The predicted octanol–water partition coefficient (Wildman–Crippen LogP) is 3.61. The Labute approximate surface area is 144 Å². The highest BCUT2D eigenvalue weighted by Gasteiger charge is 2.22. The number of nitro groups is 1. The molecular weight excluding hydrogens is 318 g/mol. The van der Waals surface area contributed by atoms with Crippen molar-refractivity contribution in [2.75, 3.05) is 10.6 Å². The Morgan fingerprint density at radius 2 is 1.24 bits per heavy atom. The van der Waals surface area contributed by atoms with Crippen LogP contribution >= 0.6 is 0 Å². The molecule has 0 aliphatic heterocycles. The van der Waals surface area contributed by atoms with Gasteiger partial charge in [-0.1, -0.05) is 60.7 Å². The van der Waals surface area contributed by atoms with Gasteiger partial charge in [0.05, 0.1) is 4.92 Å². The Hall–Kier alpha value is -3.48. The highest BCUT2D eigenvalue weighted by atomic mass is 16.6. The maximum atomic E-state index is 11.5. The van der Waals surface area contributed by atoms with Crippen LogP contribution in [0.15, 0.2) is 67.0 Å². The van der Waals surface area contributed by atoms with Gasteiger partial charge in [-0.25, -0.2) is 9.97 Å². The molecule has 2 N–H and O–H groups in total. The summed E-state index contributed by atoms with van der Waals surface area (Å²) in [5, 5.41) is 17.5. The molecule has 7 heteroatoms. The second-order valence-corrected chi connectivity index (χ2v) is 5.35. The molecule has 2 aromatic carbocycles. The van der Waals surface area contributed by atoms with Crippen LogP contribution in [0.25, 0.3) is 0 Å². The molecule has 25 heavy (non-hydrogen) atoms. The van der Waals surface area contributed by atoms with Crippen molar-refractivity contribution in [1.29, 1.82) is 0 Å². The molecule has 0 spiro atoms. The third kappa shape index (κ3) is 4.29. The molecule has 1 heterocycles. The monoisotopic (exact) mass is 335 g/mol. The van der Waals surface area contributed by atoms with Gasteiger partial charge in [-0.3, -0.25) is 10.1 Å². The molecule has 0 saturated heterocycles. The first-order valence-corrected chi connectivity index (χ1v) is 7.79. The van der Waals surface area contributed by atoms with Gasteiger partial charge in [0, 0.05) is 13.1 Å². The van der Waals surface area contributed by atoms with E-state index in [9.17, 15) is 10.1 Å². The van der Waals surface area contributed by atoms with Gasteiger partial charge in [0.15, 0.2) is 0 Å². The lowest BCUT2D eigenvalue weighted by atomic mass is 10.2. The van der Waals surface area contributed by atoms with Crippen molar-refractivity contribution in [3.05, 3.63) is 88.2 Å². The van der Waals surface area contributed by atoms with Crippen molar-refractivity contribution < 1.29 is 4.92 Å². The summed E-state index contributed by atoms with van der Waals surface area (Å²) in [6, 6.07) is 19.3. The fourth-order valence-corrected chi connectivity index (χ4v) is 2.37. The van der Waals surface area contributed by atoms with Gasteiger partial charge in [-0.2, -0.15) is 0 Å². The van der Waals surface area contributed by atoms with Gasteiger partial charge in [-0.15, -0.1) is 0 Å². The minimum Gasteiger partial charge on any atom is -0.360 e. The molecule has 3 rings (SSSR count). The van der Waals surface area contributed by atoms with Crippen LogP contribution in [-0.4, -0.2) is 14.9 Å². The molecule has 126 valence electrons. The zero-order valence-electron chi connectivity index (χ0n) is 13.4. The number of hydrogen-bond acceptors (Lipinski definition) is 6. The molecule has 7 nitrogen and oxygen atoms in total. The quantitative estimate of drug-likeness (QED) is 0.506. The van der Waals surface area contributed by atoms with Gasteiger partial charge in [-0.05, 0) is 11.1 Å². The first-order chi connectivity index (χ1) is 12.2. The summed E-state index contributed by atoms with van der Waals surface area (Å²) >= 11 is 0. The number of hydrogen-bond donors (Lipinski definition) is 2. The Morgan fingerprint density at radius 1 is 0.800 bits per heavy atom. The van der Waals surface area contributed by atoms with E-state index in [4.69, 9.17) is 0 Å². The first-order valence-electron chi connectivity index (χ1n) is 7.79. The molecule has 0 bridgehead atoms. The molecule has 0 fully saturated rings. The van der Waals surface area contributed by atoms with Gasteiger partial charge in [0.25, 0.3) is 0 Å². The van der Waals surface area contributed by atoms with E-state index in [1.165, 1.54) is 6.33 Å². The van der Waals surface area contributed by atoms with E-state index < -0.39 is 4.92 Å². The summed E-state index contributed by atoms with van der Waals surface area (Å²) in [5.74, 6) is 0.388. The van der Waals surface area contributed by atoms with Crippen molar-refractivity contribution in [3.8, 4) is 0 Å². The topological polar surface area (TPSA) is 93.0 Å². The van der Waals surface area contributed by atoms with E-state index in [-0.39, 0.29) is 17.3 Å². The molecular formula is C18H17N5O2. The zero-order valence-corrected chi connectivity index (χ0v) is 13.4.